The molecule has 0 radical (unpaired) electrons. The topological polar surface area (TPSA) is 51.8 Å². The lowest BCUT2D eigenvalue weighted by molar-refractivity contribution is 0.660. The van der Waals surface area contributed by atoms with E-state index in [1.54, 1.807) is 0 Å². The smallest absolute Gasteiger partial charge is 0.164 e. The average molecular weight is 718 g/mol. The van der Waals surface area contributed by atoms with Crippen molar-refractivity contribution in [1.82, 2.24) is 15.0 Å². The fourth-order valence-electron chi connectivity index (χ4n) is 8.68. The van der Waals surface area contributed by atoms with E-state index in [0.717, 1.165) is 60.5 Å². The fraction of sp³-hybridized carbons (Fsp3) is 0.0577. The molecule has 0 bridgehead atoms. The van der Waals surface area contributed by atoms with Gasteiger partial charge in [0.2, 0.25) is 0 Å². The largest absolute Gasteiger partial charge is 0.455 e. The number of nitrogens with zero attached hydrogens (tertiary/aromatic N) is 3. The van der Waals surface area contributed by atoms with Crippen LogP contribution in [0.3, 0.4) is 0 Å². The molecule has 0 saturated heterocycles. The van der Waals surface area contributed by atoms with E-state index in [4.69, 9.17) is 19.4 Å². The predicted octanol–water partition coefficient (Wildman–Crippen LogP) is 13.6. The van der Waals surface area contributed by atoms with E-state index in [1.165, 1.54) is 33.4 Å². The monoisotopic (exact) mass is 717 g/mol. The molecule has 2 heterocycles. The summed E-state index contributed by atoms with van der Waals surface area (Å²) in [4.78, 5) is 15.6. The molecule has 0 unspecified atom stereocenters. The maximum Gasteiger partial charge on any atom is 0.164 e. The first-order chi connectivity index (χ1) is 27.5. The lowest BCUT2D eigenvalue weighted by Gasteiger charge is -2.21. The van der Waals surface area contributed by atoms with Crippen LogP contribution in [-0.2, 0) is 5.41 Å². The minimum absolute atomic E-state index is 0.0910. The molecule has 0 fully saturated rings. The third-order valence-electron chi connectivity index (χ3n) is 11.5. The normalized spacial score (nSPS) is 13.0. The van der Waals surface area contributed by atoms with Gasteiger partial charge in [0.25, 0.3) is 0 Å². The molecule has 11 rings (SSSR count). The SMILES string of the molecule is CC1(C)c2ccccc2-c2cc(-c3nc(-c4cccc(-c5ccccc5)c4)nc(-c4ccc5oc6c7ccccc7c(-c7ccccc7)cc6c5c4)n3)ccc21. The van der Waals surface area contributed by atoms with Crippen LogP contribution >= 0.6 is 0 Å². The maximum absolute atomic E-state index is 6.62. The van der Waals surface area contributed by atoms with Crippen LogP contribution < -0.4 is 0 Å². The molecule has 0 N–H and O–H groups in total. The molecule has 1 aliphatic carbocycles. The molecule has 10 aromatic rings. The number of aromatic nitrogens is 3. The van der Waals surface area contributed by atoms with E-state index in [-0.39, 0.29) is 5.41 Å². The van der Waals surface area contributed by atoms with E-state index in [0.29, 0.717) is 17.5 Å². The lowest BCUT2D eigenvalue weighted by atomic mass is 9.82. The van der Waals surface area contributed by atoms with Gasteiger partial charge in [0.05, 0.1) is 0 Å². The van der Waals surface area contributed by atoms with Gasteiger partial charge in [0.15, 0.2) is 17.5 Å². The van der Waals surface area contributed by atoms with Crippen LogP contribution in [-0.4, -0.2) is 15.0 Å². The summed E-state index contributed by atoms with van der Waals surface area (Å²) in [6.45, 7) is 4.61. The van der Waals surface area contributed by atoms with Gasteiger partial charge >= 0.3 is 0 Å². The molecular formula is C52H35N3O. The second-order valence-corrected chi connectivity index (χ2v) is 15.2. The van der Waals surface area contributed by atoms with E-state index in [9.17, 15) is 0 Å². The molecule has 2 aromatic heterocycles. The highest BCUT2D eigenvalue weighted by Gasteiger charge is 2.35. The lowest BCUT2D eigenvalue weighted by Crippen LogP contribution is -2.14. The second kappa shape index (κ2) is 12.4. The molecule has 56 heavy (non-hydrogen) atoms. The van der Waals surface area contributed by atoms with Gasteiger partial charge in [-0.3, -0.25) is 0 Å². The number of furan rings is 1. The molecule has 0 amide bonds. The van der Waals surface area contributed by atoms with Gasteiger partial charge in [-0.05, 0) is 86.3 Å². The first-order valence-corrected chi connectivity index (χ1v) is 19.1. The third-order valence-corrected chi connectivity index (χ3v) is 11.5. The Morgan fingerprint density at radius 1 is 0.357 bits per heavy atom. The molecular weight excluding hydrogens is 683 g/mol. The molecule has 4 heteroatoms. The minimum Gasteiger partial charge on any atom is -0.455 e. The van der Waals surface area contributed by atoms with Crippen molar-refractivity contribution < 1.29 is 4.42 Å². The quantitative estimate of drug-likeness (QED) is 0.178. The van der Waals surface area contributed by atoms with Gasteiger partial charge in [-0.15, -0.1) is 0 Å². The number of hydrogen-bond acceptors (Lipinski definition) is 4. The Morgan fingerprint density at radius 2 is 0.929 bits per heavy atom. The van der Waals surface area contributed by atoms with Crippen molar-refractivity contribution in [2.45, 2.75) is 19.3 Å². The minimum atomic E-state index is -0.0910. The Morgan fingerprint density at radius 3 is 1.70 bits per heavy atom. The van der Waals surface area contributed by atoms with Crippen molar-refractivity contribution in [3.05, 3.63) is 187 Å². The van der Waals surface area contributed by atoms with Gasteiger partial charge in [-0.1, -0.05) is 153 Å². The summed E-state index contributed by atoms with van der Waals surface area (Å²) in [6, 6.07) is 61.9. The standard InChI is InChI=1S/C52H35N3O/c1-52(2)45-23-12-11-21-39(45)42-29-36(24-26-46(42)52)50-53-49(35-19-13-18-34(28-35)32-14-5-3-6-15-32)54-51(55-50)37-25-27-47-43(30-37)44-31-41(33-16-7-4-8-17-33)38-20-9-10-22-40(38)48(44)56-47/h3-31H,1-2H3. The molecule has 264 valence electrons. The van der Waals surface area contributed by atoms with E-state index < -0.39 is 0 Å². The van der Waals surface area contributed by atoms with Gasteiger partial charge in [-0.2, -0.15) is 0 Å². The fourth-order valence-corrected chi connectivity index (χ4v) is 8.68. The zero-order valence-corrected chi connectivity index (χ0v) is 31.0. The number of fused-ring (bicyclic) bond motifs is 8. The highest BCUT2D eigenvalue weighted by Crippen LogP contribution is 2.49. The Kier molecular flexibility index (Phi) is 7.17. The van der Waals surface area contributed by atoms with E-state index in [1.807, 2.05) is 6.07 Å². The Balaban J connectivity index is 1.12. The van der Waals surface area contributed by atoms with Gasteiger partial charge in [0, 0.05) is 38.3 Å². The highest BCUT2D eigenvalue weighted by molar-refractivity contribution is 6.19. The van der Waals surface area contributed by atoms with Crippen LogP contribution in [0.15, 0.2) is 180 Å². The van der Waals surface area contributed by atoms with Crippen molar-refractivity contribution in [3.8, 4) is 67.5 Å². The zero-order valence-electron chi connectivity index (χ0n) is 31.0. The van der Waals surface area contributed by atoms with Gasteiger partial charge in [0.1, 0.15) is 11.2 Å². The van der Waals surface area contributed by atoms with Gasteiger partial charge in [-0.25, -0.2) is 15.0 Å². The molecule has 1 aliphatic rings. The maximum atomic E-state index is 6.62. The Labute approximate surface area is 324 Å². The summed E-state index contributed by atoms with van der Waals surface area (Å²) >= 11 is 0. The number of rotatable bonds is 5. The van der Waals surface area contributed by atoms with E-state index >= 15 is 0 Å². The molecule has 0 spiro atoms. The summed E-state index contributed by atoms with van der Waals surface area (Å²) in [5.74, 6) is 1.87. The summed E-state index contributed by atoms with van der Waals surface area (Å²) < 4.78 is 6.62. The Bertz CT molecular complexity index is 3160. The number of hydrogen-bond donors (Lipinski definition) is 0. The van der Waals surface area contributed by atoms with Crippen molar-refractivity contribution in [2.75, 3.05) is 0 Å². The van der Waals surface area contributed by atoms with Crippen LogP contribution in [0.4, 0.5) is 0 Å². The van der Waals surface area contributed by atoms with Crippen molar-refractivity contribution in [2.24, 2.45) is 0 Å². The van der Waals surface area contributed by atoms with Crippen LogP contribution in [0.1, 0.15) is 25.0 Å². The van der Waals surface area contributed by atoms with Crippen LogP contribution in [0.2, 0.25) is 0 Å². The van der Waals surface area contributed by atoms with Crippen molar-refractivity contribution in [3.63, 3.8) is 0 Å². The van der Waals surface area contributed by atoms with Gasteiger partial charge < -0.3 is 4.42 Å². The van der Waals surface area contributed by atoms with Crippen LogP contribution in [0.25, 0.3) is 100 Å². The van der Waals surface area contributed by atoms with Crippen molar-refractivity contribution in [1.29, 1.82) is 0 Å². The van der Waals surface area contributed by atoms with Crippen molar-refractivity contribution >= 4 is 32.7 Å². The van der Waals surface area contributed by atoms with Crippen LogP contribution in [0, 0.1) is 0 Å². The summed E-state index contributed by atoms with van der Waals surface area (Å²) in [5.41, 5.74) is 14.1. The predicted molar refractivity (Wildman–Crippen MR) is 229 cm³/mol. The molecule has 0 aliphatic heterocycles. The summed E-state index contributed by atoms with van der Waals surface area (Å²) in [5, 5.41) is 4.33. The molecule has 0 saturated carbocycles. The zero-order chi connectivity index (χ0) is 37.4. The highest BCUT2D eigenvalue weighted by atomic mass is 16.3. The molecule has 4 nitrogen and oxygen atoms in total. The number of benzene rings is 8. The average Bonchev–Trinajstić information content (AvgIpc) is 3.75. The molecule has 0 atom stereocenters. The Hall–Kier alpha value is -7.17. The third kappa shape index (κ3) is 5.10. The first kappa shape index (κ1) is 32.3. The van der Waals surface area contributed by atoms with E-state index in [2.05, 4.69) is 184 Å². The summed E-state index contributed by atoms with van der Waals surface area (Å²) in [6.07, 6.45) is 0. The first-order valence-electron chi connectivity index (χ1n) is 19.1. The van der Waals surface area contributed by atoms with Crippen LogP contribution in [0.5, 0.6) is 0 Å². The second-order valence-electron chi connectivity index (χ2n) is 15.2. The molecule has 8 aromatic carbocycles. The summed E-state index contributed by atoms with van der Waals surface area (Å²) in [7, 11) is 0.